The van der Waals surface area contributed by atoms with E-state index < -0.39 is 80.5 Å². The monoisotopic (exact) mass is 399 g/mol. The number of rotatable bonds is 6. The number of carbonyl (C=O) groups is 1. The van der Waals surface area contributed by atoms with Gasteiger partial charge in [0.15, 0.2) is 6.29 Å². The Morgan fingerprint density at radius 3 is 2.07 bits per heavy atom. The van der Waals surface area contributed by atoms with Crippen molar-refractivity contribution in [3.05, 3.63) is 0 Å². The lowest BCUT2D eigenvalue weighted by Crippen LogP contribution is -2.65. The maximum Gasteiger partial charge on any atom is 0.220 e. The van der Waals surface area contributed by atoms with Crippen molar-refractivity contribution in [3.63, 3.8) is 0 Å². The second-order valence-corrected chi connectivity index (χ2v) is 6.32. The van der Waals surface area contributed by atoms with Gasteiger partial charge in [-0.1, -0.05) is 0 Å². The number of nitrogens with one attached hydrogen (secondary N) is 1. The molecule has 2 rings (SSSR count). The second-order valence-electron chi connectivity index (χ2n) is 6.32. The van der Waals surface area contributed by atoms with E-state index in [0.717, 1.165) is 6.92 Å². The van der Waals surface area contributed by atoms with Crippen molar-refractivity contribution in [2.45, 2.75) is 68.3 Å². The first-order valence-corrected chi connectivity index (χ1v) is 8.23. The number of hydrogen-bond acceptors (Lipinski definition) is 12. The topological polar surface area (TPSA) is 208 Å². The molecule has 2 saturated heterocycles. The maximum absolute atomic E-state index is 11.2. The molecule has 2 heterocycles. The fourth-order valence-electron chi connectivity index (χ4n) is 2.86. The van der Waals surface area contributed by atoms with Crippen molar-refractivity contribution in [1.29, 1.82) is 0 Å². The molecule has 0 aromatic carbocycles. The Hall–Kier alpha value is -0.970. The number of ether oxygens (including phenoxy) is 2. The van der Waals surface area contributed by atoms with Crippen LogP contribution in [0.3, 0.4) is 0 Å². The zero-order valence-corrected chi connectivity index (χ0v) is 14.4. The molecule has 158 valence electrons. The van der Waals surface area contributed by atoms with Gasteiger partial charge < -0.3 is 50.5 Å². The first kappa shape index (κ1) is 22.3. The average molecular weight is 399 g/mol. The second kappa shape index (κ2) is 9.49. The molecule has 0 aromatic rings. The van der Waals surface area contributed by atoms with Crippen LogP contribution >= 0.6 is 0 Å². The molecule has 0 bridgehead atoms. The van der Waals surface area contributed by atoms with E-state index in [2.05, 4.69) is 5.32 Å². The van der Waals surface area contributed by atoms with Crippen molar-refractivity contribution in [2.24, 2.45) is 0 Å². The van der Waals surface area contributed by atoms with Gasteiger partial charge in [0.05, 0.1) is 13.2 Å². The third-order valence-corrected chi connectivity index (χ3v) is 4.35. The summed E-state index contributed by atoms with van der Waals surface area (Å²) in [4.78, 5) is 21.1. The zero-order valence-electron chi connectivity index (χ0n) is 14.4. The van der Waals surface area contributed by atoms with Crippen LogP contribution < -0.4 is 5.32 Å². The Balaban J connectivity index is 2.05. The van der Waals surface area contributed by atoms with Crippen LogP contribution in [-0.2, 0) is 24.0 Å². The number of aliphatic hydroxyl groups excluding tert-OH is 7. The summed E-state index contributed by atoms with van der Waals surface area (Å²) in [6.07, 6.45) is -13.9. The van der Waals surface area contributed by atoms with E-state index in [4.69, 9.17) is 24.4 Å². The number of amides is 1. The van der Waals surface area contributed by atoms with Crippen LogP contribution in [0.2, 0.25) is 0 Å². The summed E-state index contributed by atoms with van der Waals surface area (Å²) >= 11 is 0. The predicted octanol–water partition coefficient (Wildman–Crippen LogP) is -5.32. The van der Waals surface area contributed by atoms with Crippen LogP contribution in [0, 0.1) is 0 Å². The highest BCUT2D eigenvalue weighted by Crippen LogP contribution is 2.26. The lowest BCUT2D eigenvalue weighted by atomic mass is 9.97. The maximum atomic E-state index is 11.2. The molecule has 0 radical (unpaired) electrons. The number of aliphatic hydroxyl groups is 7. The van der Waals surface area contributed by atoms with E-state index in [-0.39, 0.29) is 0 Å². The molecule has 13 nitrogen and oxygen atoms in total. The van der Waals surface area contributed by atoms with Crippen LogP contribution in [-0.4, -0.2) is 116 Å². The molecule has 8 N–H and O–H groups in total. The van der Waals surface area contributed by atoms with Gasteiger partial charge in [0.2, 0.25) is 12.2 Å². The minimum atomic E-state index is -1.76. The van der Waals surface area contributed by atoms with Crippen molar-refractivity contribution in [1.82, 2.24) is 5.32 Å². The standard InChI is InChI=1S/C14H25NO12/c1-4(18)15-7-9(20)12(6(3-17)24-13(7)23)26-27-14-11(22)10(21)8(19)5(2-16)25-14/h5-14,16-17,19-23H,2-3H2,1H3,(H,15,18)/t5-,6-,7-,8-,9-,10+,11+,12-,13+,14+/m1/s1. The predicted molar refractivity (Wildman–Crippen MR) is 81.3 cm³/mol. The summed E-state index contributed by atoms with van der Waals surface area (Å²) < 4.78 is 10.1. The molecule has 0 unspecified atom stereocenters. The highest BCUT2D eigenvalue weighted by atomic mass is 17.2. The van der Waals surface area contributed by atoms with E-state index in [0.29, 0.717) is 0 Å². The molecule has 10 atom stereocenters. The van der Waals surface area contributed by atoms with Crippen LogP contribution in [0.25, 0.3) is 0 Å². The molecule has 0 spiro atoms. The minimum absolute atomic E-state index is 0.572. The van der Waals surface area contributed by atoms with Gasteiger partial charge >= 0.3 is 0 Å². The minimum Gasteiger partial charge on any atom is -0.394 e. The third-order valence-electron chi connectivity index (χ3n) is 4.35. The molecule has 2 fully saturated rings. The Morgan fingerprint density at radius 1 is 0.889 bits per heavy atom. The molecule has 0 aliphatic carbocycles. The molecule has 2 aliphatic rings. The van der Waals surface area contributed by atoms with Crippen LogP contribution in [0.4, 0.5) is 0 Å². The molecule has 1 amide bonds. The SMILES string of the molecule is CC(=O)N[C@@H]1[C@@H](O)[C@H](OO[C@@H]2O[C@H](CO)[C@@H](O)[C@H](O)[C@@H]2O)[C@@H](CO)O[C@@H]1O. The fraction of sp³-hybridized carbons (Fsp3) is 0.929. The molecule has 0 aromatic heterocycles. The highest BCUT2D eigenvalue weighted by molar-refractivity contribution is 5.73. The van der Waals surface area contributed by atoms with Gasteiger partial charge in [-0.15, -0.1) is 0 Å². The molecule has 13 heteroatoms. The van der Waals surface area contributed by atoms with E-state index in [1.54, 1.807) is 0 Å². The van der Waals surface area contributed by atoms with Crippen molar-refractivity contribution < 1.29 is 59.8 Å². The zero-order chi connectivity index (χ0) is 20.3. The molecule has 0 saturated carbocycles. The molecule has 2 aliphatic heterocycles. The Morgan fingerprint density at radius 2 is 1.52 bits per heavy atom. The normalized spacial score (nSPS) is 45.5. The van der Waals surface area contributed by atoms with Crippen LogP contribution in [0.15, 0.2) is 0 Å². The van der Waals surface area contributed by atoms with Crippen molar-refractivity contribution in [2.75, 3.05) is 13.2 Å². The van der Waals surface area contributed by atoms with Crippen molar-refractivity contribution >= 4 is 5.91 Å². The van der Waals surface area contributed by atoms with E-state index >= 15 is 0 Å². The first-order chi connectivity index (χ1) is 12.7. The van der Waals surface area contributed by atoms with Gasteiger partial charge in [-0.05, 0) is 0 Å². The van der Waals surface area contributed by atoms with Gasteiger partial charge in [-0.25, -0.2) is 9.78 Å². The van der Waals surface area contributed by atoms with Crippen LogP contribution in [0.5, 0.6) is 0 Å². The number of carbonyl (C=O) groups excluding carboxylic acids is 1. The first-order valence-electron chi connectivity index (χ1n) is 8.23. The largest absolute Gasteiger partial charge is 0.394 e. The summed E-state index contributed by atoms with van der Waals surface area (Å²) in [6.45, 7) is -0.225. The fourth-order valence-corrected chi connectivity index (χ4v) is 2.86. The van der Waals surface area contributed by atoms with Crippen molar-refractivity contribution in [3.8, 4) is 0 Å². The quantitative estimate of drug-likeness (QED) is 0.156. The Bertz CT molecular complexity index is 493. The van der Waals surface area contributed by atoms with Crippen LogP contribution in [0.1, 0.15) is 6.92 Å². The van der Waals surface area contributed by atoms with Gasteiger partial charge in [0.25, 0.3) is 0 Å². The Kier molecular flexibility index (Phi) is 7.84. The smallest absolute Gasteiger partial charge is 0.220 e. The van der Waals surface area contributed by atoms with E-state index in [1.807, 2.05) is 0 Å². The summed E-state index contributed by atoms with van der Waals surface area (Å²) in [6, 6.07) is -1.30. The molecular formula is C14H25NO12. The summed E-state index contributed by atoms with van der Waals surface area (Å²) in [5, 5.41) is 70.2. The van der Waals surface area contributed by atoms with Gasteiger partial charge in [0, 0.05) is 6.92 Å². The van der Waals surface area contributed by atoms with E-state index in [1.165, 1.54) is 0 Å². The lowest BCUT2D eigenvalue weighted by molar-refractivity contribution is -0.460. The van der Waals surface area contributed by atoms with Gasteiger partial charge in [-0.2, -0.15) is 0 Å². The van der Waals surface area contributed by atoms with Gasteiger partial charge in [0.1, 0.15) is 48.8 Å². The molecular weight excluding hydrogens is 374 g/mol. The van der Waals surface area contributed by atoms with E-state index in [9.17, 15) is 35.4 Å². The summed E-state index contributed by atoms with van der Waals surface area (Å²) in [5.41, 5.74) is 0. The molecule has 27 heavy (non-hydrogen) atoms. The highest BCUT2D eigenvalue weighted by Gasteiger charge is 2.49. The Labute approximate surface area is 153 Å². The summed E-state index contributed by atoms with van der Waals surface area (Å²) in [7, 11) is 0. The summed E-state index contributed by atoms with van der Waals surface area (Å²) in [5.74, 6) is -0.572. The number of hydrogen-bond donors (Lipinski definition) is 8. The van der Waals surface area contributed by atoms with Gasteiger partial charge in [-0.3, -0.25) is 4.79 Å². The average Bonchev–Trinajstić information content (AvgIpc) is 2.63. The lowest BCUT2D eigenvalue weighted by Gasteiger charge is -2.43. The third kappa shape index (κ3) is 4.90.